The molecule has 0 aliphatic carbocycles. The topological polar surface area (TPSA) is 74.2 Å². The van der Waals surface area contributed by atoms with Crippen molar-refractivity contribution < 1.29 is 9.90 Å². The first-order valence-corrected chi connectivity index (χ1v) is 6.88. The Labute approximate surface area is 124 Å². The van der Waals surface area contributed by atoms with Crippen LogP contribution in [0.25, 0.3) is 0 Å². The smallest absolute Gasteiger partial charge is 0.238 e. The van der Waals surface area contributed by atoms with Crippen molar-refractivity contribution in [1.82, 2.24) is 10.3 Å². The second kappa shape index (κ2) is 8.14. The molecule has 0 radical (unpaired) electrons. The van der Waals surface area contributed by atoms with Crippen molar-refractivity contribution in [2.24, 2.45) is 0 Å². The summed E-state index contributed by atoms with van der Waals surface area (Å²) < 4.78 is 0. The molecule has 110 valence electrons. The van der Waals surface area contributed by atoms with Gasteiger partial charge in [-0.1, -0.05) is 30.3 Å². The number of nitrogens with one attached hydrogen (secondary N) is 2. The van der Waals surface area contributed by atoms with Crippen LogP contribution < -0.4 is 10.6 Å². The zero-order chi connectivity index (χ0) is 14.9. The third kappa shape index (κ3) is 4.98. The maximum atomic E-state index is 11.9. The molecule has 1 aromatic carbocycles. The van der Waals surface area contributed by atoms with Crippen molar-refractivity contribution in [3.8, 4) is 0 Å². The van der Waals surface area contributed by atoms with Crippen molar-refractivity contribution in [2.45, 2.75) is 12.5 Å². The third-order valence-electron chi connectivity index (χ3n) is 3.09. The molecular formula is C16H19N3O2. The van der Waals surface area contributed by atoms with Crippen LogP contribution in [0.15, 0.2) is 54.9 Å². The Morgan fingerprint density at radius 2 is 1.86 bits per heavy atom. The number of nitrogens with zero attached hydrogens (tertiary/aromatic N) is 1. The van der Waals surface area contributed by atoms with Gasteiger partial charge in [0.05, 0.1) is 6.54 Å². The van der Waals surface area contributed by atoms with Gasteiger partial charge in [-0.25, -0.2) is 0 Å². The Hall–Kier alpha value is -2.24. The molecule has 21 heavy (non-hydrogen) atoms. The third-order valence-corrected chi connectivity index (χ3v) is 3.09. The first-order chi connectivity index (χ1) is 10.3. The minimum Gasteiger partial charge on any atom is -0.396 e. The van der Waals surface area contributed by atoms with Gasteiger partial charge in [0.2, 0.25) is 5.91 Å². The summed E-state index contributed by atoms with van der Waals surface area (Å²) in [5.74, 6) is -0.125. The summed E-state index contributed by atoms with van der Waals surface area (Å²) in [4.78, 5) is 15.8. The molecule has 1 atom stereocenters. The average Bonchev–Trinajstić information content (AvgIpc) is 2.53. The Bertz CT molecular complexity index is 546. The summed E-state index contributed by atoms with van der Waals surface area (Å²) in [6.07, 6.45) is 3.82. The first-order valence-electron chi connectivity index (χ1n) is 6.88. The van der Waals surface area contributed by atoms with Gasteiger partial charge in [-0.15, -0.1) is 0 Å². The van der Waals surface area contributed by atoms with E-state index in [4.69, 9.17) is 5.11 Å². The van der Waals surface area contributed by atoms with Gasteiger partial charge in [0.15, 0.2) is 0 Å². The van der Waals surface area contributed by atoms with Crippen molar-refractivity contribution in [2.75, 3.05) is 18.5 Å². The fourth-order valence-electron chi connectivity index (χ4n) is 2.06. The molecule has 3 N–H and O–H groups in total. The number of pyridine rings is 1. The fraction of sp³-hybridized carbons (Fsp3) is 0.250. The maximum absolute atomic E-state index is 11.9. The van der Waals surface area contributed by atoms with E-state index in [-0.39, 0.29) is 25.1 Å². The van der Waals surface area contributed by atoms with Crippen LogP contribution in [0.4, 0.5) is 5.69 Å². The summed E-state index contributed by atoms with van der Waals surface area (Å²) in [5.41, 5.74) is 1.78. The standard InChI is InChI=1S/C16H19N3O2/c20-11-8-15(13-4-2-1-3-5-13)18-12-16(21)19-14-6-9-17-10-7-14/h1-7,9-10,15,18,20H,8,11-12H2,(H,17,19,21). The van der Waals surface area contributed by atoms with Crippen molar-refractivity contribution in [3.05, 3.63) is 60.4 Å². The quantitative estimate of drug-likeness (QED) is 0.724. The Balaban J connectivity index is 1.88. The van der Waals surface area contributed by atoms with Gasteiger partial charge < -0.3 is 15.7 Å². The number of aliphatic hydroxyl groups is 1. The van der Waals surface area contributed by atoms with Crippen molar-refractivity contribution >= 4 is 11.6 Å². The van der Waals surface area contributed by atoms with E-state index in [2.05, 4.69) is 15.6 Å². The Morgan fingerprint density at radius 3 is 2.52 bits per heavy atom. The molecule has 1 unspecified atom stereocenters. The Morgan fingerprint density at radius 1 is 1.14 bits per heavy atom. The second-order valence-corrected chi connectivity index (χ2v) is 4.64. The van der Waals surface area contributed by atoms with Gasteiger partial charge in [-0.2, -0.15) is 0 Å². The molecular weight excluding hydrogens is 266 g/mol. The molecule has 5 nitrogen and oxygen atoms in total. The summed E-state index contributed by atoms with van der Waals surface area (Å²) in [5, 5.41) is 15.1. The lowest BCUT2D eigenvalue weighted by atomic mass is 10.0. The predicted molar refractivity (Wildman–Crippen MR) is 81.8 cm³/mol. The van der Waals surface area contributed by atoms with Crippen LogP contribution in [-0.4, -0.2) is 29.1 Å². The zero-order valence-electron chi connectivity index (χ0n) is 11.7. The minimum absolute atomic E-state index is 0.0422. The average molecular weight is 285 g/mol. The van der Waals surface area contributed by atoms with Gasteiger partial charge >= 0.3 is 0 Å². The van der Waals surface area contributed by atoms with E-state index in [1.54, 1.807) is 24.5 Å². The van der Waals surface area contributed by atoms with E-state index in [1.165, 1.54) is 0 Å². The number of benzene rings is 1. The van der Waals surface area contributed by atoms with Gasteiger partial charge in [0.1, 0.15) is 0 Å². The number of aliphatic hydroxyl groups excluding tert-OH is 1. The summed E-state index contributed by atoms with van der Waals surface area (Å²) in [7, 11) is 0. The van der Waals surface area contributed by atoms with E-state index in [0.717, 1.165) is 11.3 Å². The minimum atomic E-state index is -0.125. The van der Waals surface area contributed by atoms with Crippen LogP contribution in [0.1, 0.15) is 18.0 Å². The van der Waals surface area contributed by atoms with Gasteiger partial charge in [0, 0.05) is 30.7 Å². The highest BCUT2D eigenvalue weighted by atomic mass is 16.3. The first kappa shape index (κ1) is 15.2. The SMILES string of the molecule is O=C(CNC(CCO)c1ccccc1)Nc1ccncc1. The van der Waals surface area contributed by atoms with Crippen LogP contribution in [0.2, 0.25) is 0 Å². The summed E-state index contributed by atoms with van der Waals surface area (Å²) in [6.45, 7) is 0.250. The lowest BCUT2D eigenvalue weighted by Crippen LogP contribution is -2.31. The lowest BCUT2D eigenvalue weighted by Gasteiger charge is -2.18. The van der Waals surface area contributed by atoms with E-state index in [0.29, 0.717) is 6.42 Å². The van der Waals surface area contributed by atoms with Crippen molar-refractivity contribution in [3.63, 3.8) is 0 Å². The van der Waals surface area contributed by atoms with E-state index in [9.17, 15) is 4.79 Å². The van der Waals surface area contributed by atoms with Gasteiger partial charge in [-0.05, 0) is 24.1 Å². The van der Waals surface area contributed by atoms with Crippen LogP contribution in [0.3, 0.4) is 0 Å². The number of amides is 1. The van der Waals surface area contributed by atoms with Crippen LogP contribution in [0, 0.1) is 0 Å². The van der Waals surface area contributed by atoms with Gasteiger partial charge in [0.25, 0.3) is 0 Å². The second-order valence-electron chi connectivity index (χ2n) is 4.64. The molecule has 0 aliphatic rings. The zero-order valence-corrected chi connectivity index (χ0v) is 11.7. The molecule has 0 spiro atoms. The monoisotopic (exact) mass is 285 g/mol. The molecule has 1 amide bonds. The molecule has 0 fully saturated rings. The van der Waals surface area contributed by atoms with Gasteiger partial charge in [-0.3, -0.25) is 9.78 Å². The number of aromatic nitrogens is 1. The molecule has 1 aromatic heterocycles. The number of anilines is 1. The van der Waals surface area contributed by atoms with E-state index in [1.807, 2.05) is 30.3 Å². The number of carbonyl (C=O) groups excluding carboxylic acids is 1. The van der Waals surface area contributed by atoms with Crippen molar-refractivity contribution in [1.29, 1.82) is 0 Å². The summed E-state index contributed by atoms with van der Waals surface area (Å²) in [6, 6.07) is 13.2. The molecule has 5 heteroatoms. The number of carbonyl (C=O) groups is 1. The normalized spacial score (nSPS) is 11.9. The van der Waals surface area contributed by atoms with Crippen LogP contribution in [-0.2, 0) is 4.79 Å². The highest BCUT2D eigenvalue weighted by Crippen LogP contribution is 2.15. The van der Waals surface area contributed by atoms with Crippen LogP contribution in [0.5, 0.6) is 0 Å². The molecule has 2 aromatic rings. The molecule has 0 aliphatic heterocycles. The molecule has 1 heterocycles. The molecule has 0 saturated heterocycles. The highest BCUT2D eigenvalue weighted by Gasteiger charge is 2.12. The molecule has 2 rings (SSSR count). The number of hydrogen-bond donors (Lipinski definition) is 3. The summed E-state index contributed by atoms with van der Waals surface area (Å²) >= 11 is 0. The number of rotatable bonds is 7. The molecule has 0 saturated carbocycles. The maximum Gasteiger partial charge on any atom is 0.238 e. The lowest BCUT2D eigenvalue weighted by molar-refractivity contribution is -0.115. The van der Waals surface area contributed by atoms with Crippen LogP contribution >= 0.6 is 0 Å². The van der Waals surface area contributed by atoms with E-state index < -0.39 is 0 Å². The fourth-order valence-corrected chi connectivity index (χ4v) is 2.06. The highest BCUT2D eigenvalue weighted by molar-refractivity contribution is 5.92. The molecule has 0 bridgehead atoms. The largest absolute Gasteiger partial charge is 0.396 e. The number of hydrogen-bond acceptors (Lipinski definition) is 4. The predicted octanol–water partition coefficient (Wildman–Crippen LogP) is 1.73. The Kier molecular flexibility index (Phi) is 5.87. The van der Waals surface area contributed by atoms with E-state index >= 15 is 0 Å².